The van der Waals surface area contributed by atoms with Crippen molar-refractivity contribution in [2.45, 2.75) is 38.5 Å². The summed E-state index contributed by atoms with van der Waals surface area (Å²) in [5.74, 6) is -0.692. The van der Waals surface area contributed by atoms with Gasteiger partial charge in [0.15, 0.2) is 0 Å². The molecule has 0 atom stereocenters. The van der Waals surface area contributed by atoms with E-state index in [4.69, 9.17) is 5.11 Å². The molecule has 0 rings (SSSR count). The van der Waals surface area contributed by atoms with Crippen LogP contribution < -0.4 is 0 Å². The molecule has 2 nitrogen and oxygen atoms in total. The molecule has 12 heavy (non-hydrogen) atoms. The average molecular weight is 245 g/mol. The van der Waals surface area contributed by atoms with Gasteiger partial charge in [0, 0.05) is 39.1 Å². The van der Waals surface area contributed by atoms with Crippen molar-refractivity contribution in [2.75, 3.05) is 0 Å². The molecule has 0 spiro atoms. The molecule has 69 valence electrons. The number of hydrogen-bond acceptors (Lipinski definition) is 1. The largest absolute Gasteiger partial charge is 0.481 e. The summed E-state index contributed by atoms with van der Waals surface area (Å²) >= 11 is 0. The molecule has 0 aliphatic rings. The summed E-state index contributed by atoms with van der Waals surface area (Å²) in [4.78, 5) is 10.1. The SMILES string of the molecule is [CH2-]CC[CH-]CCCCC(=O)O.[Y]. The van der Waals surface area contributed by atoms with Crippen molar-refractivity contribution in [1.29, 1.82) is 0 Å². The van der Waals surface area contributed by atoms with Crippen LogP contribution in [0.15, 0.2) is 0 Å². The minimum atomic E-state index is -0.692. The molecular weight excluding hydrogens is 229 g/mol. The van der Waals surface area contributed by atoms with E-state index in [-0.39, 0.29) is 32.7 Å². The van der Waals surface area contributed by atoms with Crippen molar-refractivity contribution in [1.82, 2.24) is 0 Å². The standard InChI is InChI=1S/C9H16O2.Y/c1-2-3-4-5-6-7-8-9(10)11;/h4H,1-3,5-8H2,(H,10,11);/q-2;. The molecular formula is C9H16O2Y-2. The first-order valence-electron chi connectivity index (χ1n) is 4.10. The molecule has 0 aromatic heterocycles. The molecule has 0 aromatic rings. The Bertz CT molecular complexity index is 105. The predicted octanol–water partition coefficient (Wildman–Crippen LogP) is 2.45. The predicted molar refractivity (Wildman–Crippen MR) is 45.0 cm³/mol. The molecule has 0 saturated carbocycles. The third-order valence-corrected chi connectivity index (χ3v) is 1.46. The van der Waals surface area contributed by atoms with Crippen molar-refractivity contribution in [3.8, 4) is 0 Å². The van der Waals surface area contributed by atoms with E-state index in [9.17, 15) is 4.79 Å². The van der Waals surface area contributed by atoms with Gasteiger partial charge in [0.05, 0.1) is 0 Å². The van der Waals surface area contributed by atoms with Gasteiger partial charge >= 0.3 is 5.97 Å². The molecule has 0 unspecified atom stereocenters. The van der Waals surface area contributed by atoms with Gasteiger partial charge in [0.2, 0.25) is 0 Å². The van der Waals surface area contributed by atoms with Crippen molar-refractivity contribution in [3.05, 3.63) is 13.3 Å². The molecule has 0 aliphatic carbocycles. The normalized spacial score (nSPS) is 9.08. The third kappa shape index (κ3) is 13.2. The molecule has 1 N–H and O–H groups in total. The van der Waals surface area contributed by atoms with Crippen LogP contribution in [0.3, 0.4) is 0 Å². The minimum Gasteiger partial charge on any atom is -0.481 e. The van der Waals surface area contributed by atoms with Crippen LogP contribution in [-0.2, 0) is 37.5 Å². The van der Waals surface area contributed by atoms with Gasteiger partial charge < -0.3 is 18.5 Å². The zero-order chi connectivity index (χ0) is 8.53. The smallest absolute Gasteiger partial charge is 0.303 e. The Kier molecular flexibility index (Phi) is 14.5. The first kappa shape index (κ1) is 15.1. The van der Waals surface area contributed by atoms with Gasteiger partial charge in [0.1, 0.15) is 0 Å². The van der Waals surface area contributed by atoms with Crippen molar-refractivity contribution >= 4 is 5.97 Å². The molecule has 0 amide bonds. The summed E-state index contributed by atoms with van der Waals surface area (Å²) in [5, 5.41) is 8.30. The number of carboxylic acids is 1. The fourth-order valence-corrected chi connectivity index (χ4v) is 0.854. The Balaban J connectivity index is 0. The topological polar surface area (TPSA) is 37.3 Å². The monoisotopic (exact) mass is 245 g/mol. The van der Waals surface area contributed by atoms with Gasteiger partial charge in [-0.3, -0.25) is 4.79 Å². The van der Waals surface area contributed by atoms with E-state index < -0.39 is 5.97 Å². The maximum Gasteiger partial charge on any atom is 0.303 e. The van der Waals surface area contributed by atoms with Crippen LogP contribution in [0.25, 0.3) is 0 Å². The van der Waals surface area contributed by atoms with Crippen LogP contribution in [0.5, 0.6) is 0 Å². The molecule has 0 saturated heterocycles. The maximum absolute atomic E-state index is 10.1. The molecule has 0 fully saturated rings. The minimum absolute atomic E-state index is 0. The molecule has 3 heteroatoms. The fourth-order valence-electron chi connectivity index (χ4n) is 0.854. The number of hydrogen-bond donors (Lipinski definition) is 1. The third-order valence-electron chi connectivity index (χ3n) is 1.46. The van der Waals surface area contributed by atoms with Gasteiger partial charge in [0.25, 0.3) is 0 Å². The summed E-state index contributed by atoms with van der Waals surface area (Å²) < 4.78 is 0. The summed E-state index contributed by atoms with van der Waals surface area (Å²) in [6.45, 7) is 3.71. The molecule has 0 heterocycles. The average Bonchev–Trinajstić information content (AvgIpc) is 1.96. The van der Waals surface area contributed by atoms with E-state index in [1.807, 2.05) is 0 Å². The molecule has 0 aliphatic heterocycles. The number of unbranched alkanes of at least 4 members (excludes halogenated alkanes) is 5. The Morgan fingerprint density at radius 1 is 1.33 bits per heavy atom. The van der Waals surface area contributed by atoms with E-state index >= 15 is 0 Å². The van der Waals surface area contributed by atoms with E-state index in [2.05, 4.69) is 13.3 Å². The van der Waals surface area contributed by atoms with Crippen molar-refractivity contribution in [3.63, 3.8) is 0 Å². The fraction of sp³-hybridized carbons (Fsp3) is 0.667. The zero-order valence-corrected chi connectivity index (χ0v) is 10.3. The van der Waals surface area contributed by atoms with E-state index in [0.717, 1.165) is 32.1 Å². The van der Waals surface area contributed by atoms with Crippen LogP contribution in [0, 0.1) is 13.3 Å². The number of carboxylic acid groups (broad SMARTS) is 1. The Morgan fingerprint density at radius 3 is 2.50 bits per heavy atom. The second-order valence-electron chi connectivity index (χ2n) is 2.57. The van der Waals surface area contributed by atoms with Crippen LogP contribution in [0.2, 0.25) is 0 Å². The first-order valence-corrected chi connectivity index (χ1v) is 4.10. The van der Waals surface area contributed by atoms with Crippen molar-refractivity contribution in [2.24, 2.45) is 0 Å². The second kappa shape index (κ2) is 11.6. The van der Waals surface area contributed by atoms with Crippen LogP contribution in [0.1, 0.15) is 38.5 Å². The number of rotatable bonds is 7. The van der Waals surface area contributed by atoms with Gasteiger partial charge in [-0.25, -0.2) is 12.8 Å². The van der Waals surface area contributed by atoms with Crippen LogP contribution in [-0.4, -0.2) is 11.1 Å². The van der Waals surface area contributed by atoms with Crippen LogP contribution in [0.4, 0.5) is 0 Å². The summed E-state index contributed by atoms with van der Waals surface area (Å²) in [6.07, 6.45) is 7.29. The number of carbonyl (C=O) groups is 1. The van der Waals surface area contributed by atoms with Gasteiger partial charge in [-0.15, -0.1) is 0 Å². The Labute approximate surface area is 100.0 Å². The van der Waals surface area contributed by atoms with Gasteiger partial charge in [-0.1, -0.05) is 6.42 Å². The molecule has 0 aromatic carbocycles. The Morgan fingerprint density at radius 2 is 2.00 bits per heavy atom. The Hall–Kier alpha value is 0.574. The quantitative estimate of drug-likeness (QED) is 0.552. The van der Waals surface area contributed by atoms with E-state index in [1.54, 1.807) is 0 Å². The van der Waals surface area contributed by atoms with E-state index in [0.29, 0.717) is 6.42 Å². The summed E-state index contributed by atoms with van der Waals surface area (Å²) in [7, 11) is 0. The molecule has 0 bridgehead atoms. The first-order chi connectivity index (χ1) is 5.27. The van der Waals surface area contributed by atoms with Crippen LogP contribution >= 0.6 is 0 Å². The van der Waals surface area contributed by atoms with Gasteiger partial charge in [-0.2, -0.15) is 6.42 Å². The maximum atomic E-state index is 10.1. The van der Waals surface area contributed by atoms with Crippen molar-refractivity contribution < 1.29 is 42.6 Å². The second-order valence-corrected chi connectivity index (χ2v) is 2.57. The molecule has 1 radical (unpaired) electrons. The van der Waals surface area contributed by atoms with Gasteiger partial charge in [-0.05, 0) is 6.42 Å². The number of aliphatic carboxylic acids is 1. The zero-order valence-electron chi connectivity index (χ0n) is 7.46. The summed E-state index contributed by atoms with van der Waals surface area (Å²) in [6, 6.07) is 0. The van der Waals surface area contributed by atoms with E-state index in [1.165, 1.54) is 0 Å². The summed E-state index contributed by atoms with van der Waals surface area (Å²) in [5.41, 5.74) is 0.